The predicted molar refractivity (Wildman–Crippen MR) is 180 cm³/mol. The fourth-order valence-electron chi connectivity index (χ4n) is 7.55. The van der Waals surface area contributed by atoms with E-state index in [0.29, 0.717) is 40.9 Å². The van der Waals surface area contributed by atoms with E-state index >= 15 is 0 Å². The second-order valence-corrected chi connectivity index (χ2v) is 12.9. The van der Waals surface area contributed by atoms with Crippen molar-refractivity contribution in [3.05, 3.63) is 124 Å². The molecule has 2 atom stereocenters. The van der Waals surface area contributed by atoms with Crippen molar-refractivity contribution in [3.63, 3.8) is 0 Å². The molecule has 4 aromatic rings. The number of pyridine rings is 1. The Bertz CT molecular complexity index is 1780. The lowest BCUT2D eigenvalue weighted by atomic mass is 9.83. The van der Waals surface area contributed by atoms with Crippen LogP contribution in [-0.4, -0.2) is 54.6 Å². The van der Waals surface area contributed by atoms with Crippen molar-refractivity contribution in [2.24, 2.45) is 11.8 Å². The second-order valence-electron chi connectivity index (χ2n) is 12.9. The van der Waals surface area contributed by atoms with Crippen LogP contribution in [0, 0.1) is 11.8 Å². The minimum Gasteiger partial charge on any atom is -0.497 e. The molecule has 1 N–H and O–H groups in total. The summed E-state index contributed by atoms with van der Waals surface area (Å²) in [5, 5.41) is 3.14. The Morgan fingerprint density at radius 1 is 0.848 bits per heavy atom. The van der Waals surface area contributed by atoms with Gasteiger partial charge in [0.2, 0.25) is 0 Å². The summed E-state index contributed by atoms with van der Waals surface area (Å²) in [4.78, 5) is 44.2. The maximum atomic E-state index is 13.8. The van der Waals surface area contributed by atoms with Gasteiger partial charge >= 0.3 is 0 Å². The third-order valence-corrected chi connectivity index (χ3v) is 9.93. The number of hydrogen-bond donors (Lipinski definition) is 1. The van der Waals surface area contributed by atoms with Gasteiger partial charge < -0.3 is 24.4 Å². The quantitative estimate of drug-likeness (QED) is 0.283. The van der Waals surface area contributed by atoms with Crippen molar-refractivity contribution in [1.29, 1.82) is 0 Å². The van der Waals surface area contributed by atoms with E-state index in [2.05, 4.69) is 40.5 Å². The van der Waals surface area contributed by atoms with Crippen LogP contribution in [0.1, 0.15) is 57.2 Å². The van der Waals surface area contributed by atoms with Gasteiger partial charge in [-0.25, -0.2) is 0 Å². The van der Waals surface area contributed by atoms with Gasteiger partial charge in [-0.05, 0) is 91.6 Å². The highest BCUT2D eigenvalue weighted by Crippen LogP contribution is 2.39. The molecule has 8 nitrogen and oxygen atoms in total. The van der Waals surface area contributed by atoms with Crippen LogP contribution in [0.2, 0.25) is 0 Å². The third kappa shape index (κ3) is 6.16. The van der Waals surface area contributed by atoms with E-state index in [1.807, 2.05) is 39.8 Å². The topological polar surface area (TPSA) is 83.9 Å². The lowest BCUT2D eigenvalue weighted by Gasteiger charge is -2.44. The number of aromatic nitrogens is 1. The maximum absolute atomic E-state index is 13.8. The smallest absolute Gasteiger partial charge is 0.255 e. The molecule has 0 aliphatic carbocycles. The molecule has 3 aliphatic heterocycles. The molecule has 2 unspecified atom stereocenters. The Labute approximate surface area is 269 Å². The van der Waals surface area contributed by atoms with Gasteiger partial charge in [-0.1, -0.05) is 36.4 Å². The van der Waals surface area contributed by atoms with Crippen LogP contribution in [0.5, 0.6) is 5.75 Å². The van der Waals surface area contributed by atoms with E-state index in [1.54, 1.807) is 37.4 Å². The lowest BCUT2D eigenvalue weighted by molar-refractivity contribution is 0.0690. The highest BCUT2D eigenvalue weighted by Gasteiger charge is 2.35. The number of rotatable bonds is 7. The average molecular weight is 617 g/mol. The summed E-state index contributed by atoms with van der Waals surface area (Å²) in [6, 6.07) is 28.8. The zero-order valence-corrected chi connectivity index (χ0v) is 26.2. The molecule has 8 heteroatoms. The number of nitrogens with zero attached hydrogens (tertiary/aromatic N) is 3. The molecule has 4 heterocycles. The van der Waals surface area contributed by atoms with Gasteiger partial charge in [-0.3, -0.25) is 14.4 Å². The lowest BCUT2D eigenvalue weighted by Crippen LogP contribution is -2.47. The molecule has 2 saturated heterocycles. The molecule has 46 heavy (non-hydrogen) atoms. The van der Waals surface area contributed by atoms with E-state index in [-0.39, 0.29) is 23.3 Å². The van der Waals surface area contributed by atoms with Crippen molar-refractivity contribution in [2.45, 2.75) is 38.1 Å². The highest BCUT2D eigenvalue weighted by atomic mass is 16.5. The molecule has 0 radical (unpaired) electrons. The van der Waals surface area contributed by atoms with Crippen LogP contribution in [0.15, 0.2) is 95.8 Å². The Morgan fingerprint density at radius 3 is 2.37 bits per heavy atom. The number of piperidine rings is 2. The summed E-state index contributed by atoms with van der Waals surface area (Å²) in [5.74, 6) is 1.52. The number of amides is 2. The van der Waals surface area contributed by atoms with Crippen molar-refractivity contribution in [2.75, 3.05) is 43.5 Å². The molecule has 2 bridgehead atoms. The standard InChI is InChI=1S/C38H40N4O4/c1-46-32-13-10-29(11-14-32)37(44)39-33-22-30(38(45)40-18-16-27(17-19-40)20-26-6-3-2-4-7-26)12-15-35(33)41-23-28-21-31(25-41)34-8-5-9-36(43)42(34)24-28/h2-15,22,27-28,31H,16-21,23-25H2,1H3,(H,39,44). The van der Waals surface area contributed by atoms with Gasteiger partial charge in [0.25, 0.3) is 17.4 Å². The van der Waals surface area contributed by atoms with Crippen LogP contribution in [0.4, 0.5) is 11.4 Å². The van der Waals surface area contributed by atoms with E-state index < -0.39 is 0 Å². The Balaban J connectivity index is 1.13. The summed E-state index contributed by atoms with van der Waals surface area (Å²) >= 11 is 0. The normalized spacial score (nSPS) is 19.3. The number of hydrogen-bond acceptors (Lipinski definition) is 5. The molecule has 3 aromatic carbocycles. The average Bonchev–Trinajstić information content (AvgIpc) is 3.09. The molecule has 2 amide bonds. The van der Waals surface area contributed by atoms with Crippen molar-refractivity contribution in [3.8, 4) is 5.75 Å². The number of benzene rings is 3. The van der Waals surface area contributed by atoms with Crippen LogP contribution in [-0.2, 0) is 13.0 Å². The zero-order chi connectivity index (χ0) is 31.6. The molecule has 0 spiro atoms. The SMILES string of the molecule is COc1ccc(C(=O)Nc2cc(C(=O)N3CCC(Cc4ccccc4)CC3)ccc2N2CC3CC(C2)c2cccc(=O)n2C3)cc1. The van der Waals surface area contributed by atoms with Gasteiger partial charge in [-0.15, -0.1) is 0 Å². The van der Waals surface area contributed by atoms with Crippen molar-refractivity contribution >= 4 is 23.2 Å². The first-order valence-corrected chi connectivity index (χ1v) is 16.3. The van der Waals surface area contributed by atoms with Crippen molar-refractivity contribution < 1.29 is 14.3 Å². The van der Waals surface area contributed by atoms with Crippen LogP contribution in [0.25, 0.3) is 0 Å². The first-order chi connectivity index (χ1) is 22.4. The number of anilines is 2. The van der Waals surface area contributed by atoms with Gasteiger partial charge in [0.05, 0.1) is 18.5 Å². The van der Waals surface area contributed by atoms with E-state index in [1.165, 1.54) is 5.56 Å². The van der Waals surface area contributed by atoms with Gasteiger partial charge in [-0.2, -0.15) is 0 Å². The molecule has 0 saturated carbocycles. The summed E-state index contributed by atoms with van der Waals surface area (Å²) in [6.45, 7) is 3.63. The fraction of sp³-hybridized carbons (Fsp3) is 0.342. The third-order valence-electron chi connectivity index (χ3n) is 9.93. The number of nitrogens with one attached hydrogen (secondary N) is 1. The second kappa shape index (κ2) is 12.9. The van der Waals surface area contributed by atoms with Crippen LogP contribution < -0.4 is 20.5 Å². The zero-order valence-electron chi connectivity index (χ0n) is 26.2. The van der Waals surface area contributed by atoms with Gasteiger partial charge in [0.1, 0.15) is 5.75 Å². The van der Waals surface area contributed by atoms with Gasteiger partial charge in [0.15, 0.2) is 0 Å². The summed E-state index contributed by atoms with van der Waals surface area (Å²) in [7, 11) is 1.60. The summed E-state index contributed by atoms with van der Waals surface area (Å²) < 4.78 is 7.19. The number of carbonyl (C=O) groups is 2. The Hall–Kier alpha value is -4.85. The number of fused-ring (bicyclic) bond motifs is 4. The number of methoxy groups -OCH3 is 1. The highest BCUT2D eigenvalue weighted by molar-refractivity contribution is 6.07. The molecule has 1 aromatic heterocycles. The number of carbonyl (C=O) groups excluding carboxylic acids is 2. The van der Waals surface area contributed by atoms with Crippen LogP contribution >= 0.6 is 0 Å². The van der Waals surface area contributed by atoms with Crippen molar-refractivity contribution in [1.82, 2.24) is 9.47 Å². The first kappa shape index (κ1) is 29.8. The Morgan fingerprint density at radius 2 is 1.61 bits per heavy atom. The minimum absolute atomic E-state index is 0.00604. The summed E-state index contributed by atoms with van der Waals surface area (Å²) in [5.41, 5.74) is 5.06. The molecular weight excluding hydrogens is 576 g/mol. The minimum atomic E-state index is -0.246. The largest absolute Gasteiger partial charge is 0.497 e. The van der Waals surface area contributed by atoms with E-state index in [0.717, 1.165) is 63.2 Å². The van der Waals surface area contributed by atoms with Crippen LogP contribution in [0.3, 0.4) is 0 Å². The molecule has 2 fully saturated rings. The number of likely N-dealkylation sites (tertiary alicyclic amines) is 1. The maximum Gasteiger partial charge on any atom is 0.255 e. The fourth-order valence-corrected chi connectivity index (χ4v) is 7.55. The summed E-state index contributed by atoms with van der Waals surface area (Å²) in [6.07, 6.45) is 4.02. The van der Waals surface area contributed by atoms with E-state index in [4.69, 9.17) is 4.74 Å². The molecule has 3 aliphatic rings. The molecule has 236 valence electrons. The Kier molecular flexibility index (Phi) is 8.35. The number of ether oxygens (including phenoxy) is 1. The molecule has 7 rings (SSSR count). The predicted octanol–water partition coefficient (Wildman–Crippen LogP) is 5.83. The monoisotopic (exact) mass is 616 g/mol. The first-order valence-electron chi connectivity index (χ1n) is 16.3. The van der Waals surface area contributed by atoms with Gasteiger partial charge in [0, 0.05) is 61.5 Å². The van der Waals surface area contributed by atoms with E-state index in [9.17, 15) is 14.4 Å². The molecular formula is C38H40N4O4.